The molecule has 0 radical (unpaired) electrons. The average molecular weight is 281 g/mol. The van der Waals surface area contributed by atoms with Crippen LogP contribution in [0.2, 0.25) is 10.3 Å². The van der Waals surface area contributed by atoms with Crippen molar-refractivity contribution in [1.82, 2.24) is 10.2 Å². The molecule has 3 nitrogen and oxygen atoms in total. The predicted octanol–water partition coefficient (Wildman–Crippen LogP) is 3.78. The van der Waals surface area contributed by atoms with Crippen LogP contribution in [-0.4, -0.2) is 16.8 Å². The van der Waals surface area contributed by atoms with Gasteiger partial charge in [-0.15, -0.1) is 10.2 Å². The minimum absolute atomic E-state index is 0.322. The molecule has 2 heterocycles. The highest BCUT2D eigenvalue weighted by Gasteiger charge is 2.18. The number of ether oxygens (including phenoxy) is 1. The second-order valence-electron chi connectivity index (χ2n) is 4.12. The lowest BCUT2D eigenvalue weighted by atomic mass is 9.99. The molecule has 0 amide bonds. The third kappa shape index (κ3) is 2.04. The Labute approximate surface area is 115 Å². The zero-order chi connectivity index (χ0) is 12.5. The van der Waals surface area contributed by atoms with Crippen molar-refractivity contribution in [1.29, 1.82) is 0 Å². The van der Waals surface area contributed by atoms with Crippen molar-refractivity contribution in [3.8, 4) is 16.9 Å². The maximum Gasteiger partial charge on any atom is 0.159 e. The fourth-order valence-corrected chi connectivity index (χ4v) is 2.48. The van der Waals surface area contributed by atoms with Gasteiger partial charge in [0.05, 0.1) is 6.61 Å². The summed E-state index contributed by atoms with van der Waals surface area (Å²) in [6, 6.07) is 7.74. The van der Waals surface area contributed by atoms with Crippen molar-refractivity contribution in [3.05, 3.63) is 40.1 Å². The van der Waals surface area contributed by atoms with Crippen LogP contribution in [0.3, 0.4) is 0 Å². The normalized spacial score (nSPS) is 13.9. The van der Waals surface area contributed by atoms with E-state index in [1.165, 1.54) is 5.56 Å². The number of aryl methyl sites for hydroxylation is 1. The average Bonchev–Trinajstić information content (AvgIpc) is 2.41. The van der Waals surface area contributed by atoms with E-state index in [0.29, 0.717) is 10.3 Å². The Morgan fingerprint density at radius 2 is 2.00 bits per heavy atom. The van der Waals surface area contributed by atoms with Gasteiger partial charge >= 0.3 is 0 Å². The number of benzene rings is 1. The molecule has 1 aliphatic heterocycles. The van der Waals surface area contributed by atoms with Gasteiger partial charge in [-0.05, 0) is 24.5 Å². The van der Waals surface area contributed by atoms with Crippen LogP contribution >= 0.6 is 23.2 Å². The molecule has 0 atom stereocenters. The first kappa shape index (κ1) is 11.8. The van der Waals surface area contributed by atoms with E-state index < -0.39 is 0 Å². The monoisotopic (exact) mass is 280 g/mol. The number of para-hydroxylation sites is 1. The second-order valence-corrected chi connectivity index (χ2v) is 4.86. The summed E-state index contributed by atoms with van der Waals surface area (Å²) in [5.74, 6) is 0.884. The lowest BCUT2D eigenvalue weighted by molar-refractivity contribution is 0.289. The molecule has 3 rings (SSSR count). The highest BCUT2D eigenvalue weighted by molar-refractivity contribution is 6.33. The van der Waals surface area contributed by atoms with Crippen LogP contribution in [0.25, 0.3) is 11.1 Å². The molecular formula is C13H10Cl2N2O. The first-order chi connectivity index (χ1) is 8.75. The summed E-state index contributed by atoms with van der Waals surface area (Å²) in [7, 11) is 0. The van der Waals surface area contributed by atoms with E-state index >= 15 is 0 Å². The van der Waals surface area contributed by atoms with E-state index in [2.05, 4.69) is 16.3 Å². The highest BCUT2D eigenvalue weighted by Crippen LogP contribution is 2.38. The van der Waals surface area contributed by atoms with Gasteiger partial charge in [-0.2, -0.15) is 0 Å². The molecule has 0 saturated carbocycles. The van der Waals surface area contributed by atoms with Gasteiger partial charge in [-0.25, -0.2) is 0 Å². The summed E-state index contributed by atoms with van der Waals surface area (Å²) in [6.45, 7) is 0.730. The first-order valence-corrected chi connectivity index (χ1v) is 6.45. The minimum atomic E-state index is 0.322. The van der Waals surface area contributed by atoms with Crippen LogP contribution in [-0.2, 0) is 6.42 Å². The molecule has 0 saturated heterocycles. The molecule has 92 valence electrons. The van der Waals surface area contributed by atoms with Gasteiger partial charge in [0.25, 0.3) is 0 Å². The number of hydrogen-bond donors (Lipinski definition) is 0. The van der Waals surface area contributed by atoms with Crippen LogP contribution in [0.4, 0.5) is 0 Å². The Bertz CT molecular complexity index is 602. The van der Waals surface area contributed by atoms with Gasteiger partial charge < -0.3 is 4.74 Å². The van der Waals surface area contributed by atoms with Crippen molar-refractivity contribution < 1.29 is 4.74 Å². The molecular weight excluding hydrogens is 271 g/mol. The molecule has 0 fully saturated rings. The molecule has 0 unspecified atom stereocenters. The number of nitrogens with zero attached hydrogens (tertiary/aromatic N) is 2. The highest BCUT2D eigenvalue weighted by atomic mass is 35.5. The number of aromatic nitrogens is 2. The molecule has 2 aromatic rings. The van der Waals surface area contributed by atoms with Gasteiger partial charge in [0.2, 0.25) is 0 Å². The van der Waals surface area contributed by atoms with Gasteiger partial charge in [0, 0.05) is 11.1 Å². The number of rotatable bonds is 1. The fraction of sp³-hybridized carbons (Fsp3) is 0.231. The summed E-state index contributed by atoms with van der Waals surface area (Å²) in [4.78, 5) is 0. The molecule has 1 aromatic heterocycles. The van der Waals surface area contributed by atoms with Crippen LogP contribution in [0, 0.1) is 0 Å². The summed E-state index contributed by atoms with van der Waals surface area (Å²) in [6.07, 6.45) is 2.06. The molecule has 5 heteroatoms. The zero-order valence-corrected chi connectivity index (χ0v) is 11.0. The number of fused-ring (bicyclic) bond motifs is 1. The molecule has 0 spiro atoms. The van der Waals surface area contributed by atoms with Crippen LogP contribution in [0.15, 0.2) is 24.3 Å². The lowest BCUT2D eigenvalue weighted by Gasteiger charge is -2.20. The second kappa shape index (κ2) is 4.75. The fourth-order valence-electron chi connectivity index (χ4n) is 2.14. The van der Waals surface area contributed by atoms with Gasteiger partial charge in [0.15, 0.2) is 10.3 Å². The molecule has 0 aliphatic carbocycles. The molecule has 1 aliphatic rings. The maximum absolute atomic E-state index is 6.09. The first-order valence-electron chi connectivity index (χ1n) is 5.69. The SMILES string of the molecule is Clc1cc(-c2cccc3c2OCCC3)c(Cl)nn1. The minimum Gasteiger partial charge on any atom is -0.493 e. The molecule has 0 bridgehead atoms. The van der Waals surface area contributed by atoms with E-state index in [0.717, 1.165) is 36.3 Å². The van der Waals surface area contributed by atoms with E-state index in [9.17, 15) is 0 Å². The smallest absolute Gasteiger partial charge is 0.159 e. The van der Waals surface area contributed by atoms with Gasteiger partial charge in [-0.1, -0.05) is 41.4 Å². The zero-order valence-electron chi connectivity index (χ0n) is 9.49. The van der Waals surface area contributed by atoms with Crippen LogP contribution < -0.4 is 4.74 Å². The Balaban J connectivity index is 2.19. The summed E-state index contributed by atoms with van der Waals surface area (Å²) >= 11 is 12.0. The van der Waals surface area contributed by atoms with Gasteiger partial charge in [0.1, 0.15) is 5.75 Å². The quantitative estimate of drug-likeness (QED) is 0.798. The van der Waals surface area contributed by atoms with E-state index in [1.807, 2.05) is 12.1 Å². The van der Waals surface area contributed by atoms with E-state index in [-0.39, 0.29) is 0 Å². The predicted molar refractivity (Wildman–Crippen MR) is 71.3 cm³/mol. The van der Waals surface area contributed by atoms with Crippen molar-refractivity contribution in [2.24, 2.45) is 0 Å². The van der Waals surface area contributed by atoms with Crippen molar-refractivity contribution in [2.45, 2.75) is 12.8 Å². The van der Waals surface area contributed by atoms with Crippen molar-refractivity contribution in [2.75, 3.05) is 6.61 Å². The van der Waals surface area contributed by atoms with E-state index in [4.69, 9.17) is 27.9 Å². The summed E-state index contributed by atoms with van der Waals surface area (Å²) < 4.78 is 5.75. The lowest BCUT2D eigenvalue weighted by Crippen LogP contribution is -2.09. The Morgan fingerprint density at radius 1 is 1.11 bits per heavy atom. The Kier molecular flexibility index (Phi) is 3.10. The van der Waals surface area contributed by atoms with Crippen molar-refractivity contribution in [3.63, 3.8) is 0 Å². The molecule has 1 aromatic carbocycles. The van der Waals surface area contributed by atoms with Gasteiger partial charge in [-0.3, -0.25) is 0 Å². The third-order valence-corrected chi connectivity index (χ3v) is 3.41. The van der Waals surface area contributed by atoms with Crippen LogP contribution in [0.5, 0.6) is 5.75 Å². The third-order valence-electron chi connectivity index (χ3n) is 2.94. The van der Waals surface area contributed by atoms with E-state index in [1.54, 1.807) is 6.07 Å². The van der Waals surface area contributed by atoms with Crippen molar-refractivity contribution >= 4 is 23.2 Å². The van der Waals surface area contributed by atoms with Crippen LogP contribution in [0.1, 0.15) is 12.0 Å². The summed E-state index contributed by atoms with van der Waals surface area (Å²) in [5.41, 5.74) is 2.88. The standard InChI is InChI=1S/C13H10Cl2N2O/c14-11-7-10(13(15)17-16-11)9-5-1-3-8-4-2-6-18-12(8)9/h1,3,5,7H,2,4,6H2. The molecule has 0 N–H and O–H groups in total. The maximum atomic E-state index is 6.09. The Morgan fingerprint density at radius 3 is 2.89 bits per heavy atom. The number of halogens is 2. The largest absolute Gasteiger partial charge is 0.493 e. The molecule has 18 heavy (non-hydrogen) atoms. The topological polar surface area (TPSA) is 35.0 Å². The summed E-state index contributed by atoms with van der Waals surface area (Å²) in [5, 5.41) is 8.21. The Hall–Kier alpha value is -1.32. The number of hydrogen-bond acceptors (Lipinski definition) is 3.